The smallest absolute Gasteiger partial charge is 0.387 e. The van der Waals surface area contributed by atoms with Crippen LogP contribution in [0.3, 0.4) is 0 Å². The normalized spacial score (nSPS) is 13.7. The molecule has 2 aromatic carbocycles. The van der Waals surface area contributed by atoms with Gasteiger partial charge in [-0.25, -0.2) is 14.4 Å². The zero-order valence-electron chi connectivity index (χ0n) is 22.5. The highest BCUT2D eigenvalue weighted by Crippen LogP contribution is 2.32. The number of ether oxygens (including phenoxy) is 1. The van der Waals surface area contributed by atoms with E-state index in [0.29, 0.717) is 35.7 Å². The minimum Gasteiger partial charge on any atom is -0.432 e. The lowest BCUT2D eigenvalue weighted by Crippen LogP contribution is -2.29. The van der Waals surface area contributed by atoms with Crippen LogP contribution >= 0.6 is 0 Å². The Morgan fingerprint density at radius 2 is 1.90 bits per heavy atom. The first-order valence-corrected chi connectivity index (χ1v) is 13.5. The number of carbonyl (C=O) groups excluding carboxylic acids is 1. The van der Waals surface area contributed by atoms with Gasteiger partial charge >= 0.3 is 6.61 Å². The lowest BCUT2D eigenvalue weighted by atomic mass is 10.0. The molecule has 0 bridgehead atoms. The van der Waals surface area contributed by atoms with Gasteiger partial charge in [0.25, 0.3) is 5.91 Å². The molecule has 0 radical (unpaired) electrons. The van der Waals surface area contributed by atoms with E-state index in [1.165, 1.54) is 35.8 Å². The van der Waals surface area contributed by atoms with Crippen molar-refractivity contribution in [1.82, 2.24) is 24.6 Å². The molecular formula is C29H30F4N6O2. The number of alkyl halides is 2. The largest absolute Gasteiger partial charge is 0.432 e. The minimum atomic E-state index is -3.29. The fraction of sp³-hybridized carbons (Fsp3) is 0.345. The standard InChI is InChI=1S/C29H30F4N6O2/c1-2-18-16-19(6-7-20(18)28(40)35-10-5-14-38-12-3-4-13-38)37-26-27-36-17-22(39(27)15-11-34-26)21-8-9-23(41-29(32)33)25(31)24(21)30/h6-9,11,15-17,29H,2-5,10,12-14H2,1H3,(H,34,37)(H,35,40). The van der Waals surface area contributed by atoms with Gasteiger partial charge in [-0.1, -0.05) is 6.92 Å². The number of benzene rings is 2. The molecule has 0 unspecified atom stereocenters. The van der Waals surface area contributed by atoms with Crippen LogP contribution in [-0.2, 0) is 6.42 Å². The maximum absolute atomic E-state index is 14.8. The van der Waals surface area contributed by atoms with E-state index in [1.807, 2.05) is 13.0 Å². The number of likely N-dealkylation sites (tertiary alicyclic amines) is 1. The Balaban J connectivity index is 1.32. The quantitative estimate of drug-likeness (QED) is 0.175. The fourth-order valence-corrected chi connectivity index (χ4v) is 5.05. The number of hydrogen-bond donors (Lipinski definition) is 2. The molecule has 1 aliphatic rings. The highest BCUT2D eigenvalue weighted by molar-refractivity contribution is 5.96. The van der Waals surface area contributed by atoms with E-state index in [9.17, 15) is 22.4 Å². The Labute approximate surface area is 234 Å². The monoisotopic (exact) mass is 570 g/mol. The summed E-state index contributed by atoms with van der Waals surface area (Å²) in [6.07, 6.45) is 8.35. The van der Waals surface area contributed by atoms with Gasteiger partial charge in [-0.15, -0.1) is 0 Å². The Bertz CT molecular complexity index is 1540. The third-order valence-electron chi connectivity index (χ3n) is 7.10. The second-order valence-corrected chi connectivity index (χ2v) is 9.74. The number of fused-ring (bicyclic) bond motifs is 1. The molecule has 3 heterocycles. The SMILES string of the molecule is CCc1cc(Nc2nccn3c(-c4ccc(OC(F)F)c(F)c4F)cnc23)ccc1C(=O)NCCCN1CCCC1. The Morgan fingerprint density at radius 1 is 1.10 bits per heavy atom. The van der Waals surface area contributed by atoms with Crippen LogP contribution in [0.1, 0.15) is 42.1 Å². The highest BCUT2D eigenvalue weighted by Gasteiger charge is 2.21. The first-order chi connectivity index (χ1) is 19.9. The molecule has 1 fully saturated rings. The van der Waals surface area contributed by atoms with Crippen molar-refractivity contribution in [2.45, 2.75) is 39.2 Å². The van der Waals surface area contributed by atoms with Crippen molar-refractivity contribution < 1.29 is 27.1 Å². The van der Waals surface area contributed by atoms with Crippen LogP contribution in [0, 0.1) is 11.6 Å². The van der Waals surface area contributed by atoms with Crippen LogP contribution in [0.4, 0.5) is 29.1 Å². The number of nitrogens with one attached hydrogen (secondary N) is 2. The summed E-state index contributed by atoms with van der Waals surface area (Å²) in [5, 5.41) is 6.21. The summed E-state index contributed by atoms with van der Waals surface area (Å²) >= 11 is 0. The van der Waals surface area contributed by atoms with Crippen LogP contribution in [0.5, 0.6) is 5.75 Å². The molecule has 0 aliphatic carbocycles. The zero-order chi connectivity index (χ0) is 28.9. The Hall–Kier alpha value is -4.19. The van der Waals surface area contributed by atoms with Crippen molar-refractivity contribution in [2.24, 2.45) is 0 Å². The Kier molecular flexibility index (Phi) is 8.67. The molecule has 1 saturated heterocycles. The number of nitrogens with zero attached hydrogens (tertiary/aromatic N) is 4. The van der Waals surface area contributed by atoms with Crippen molar-refractivity contribution >= 4 is 23.1 Å². The molecule has 2 N–H and O–H groups in total. The van der Waals surface area contributed by atoms with Crippen LogP contribution in [0.25, 0.3) is 16.9 Å². The van der Waals surface area contributed by atoms with Gasteiger partial charge in [0.1, 0.15) is 0 Å². The second kappa shape index (κ2) is 12.5. The van der Waals surface area contributed by atoms with Crippen LogP contribution in [-0.4, -0.2) is 58.0 Å². The molecule has 0 atom stereocenters. The fourth-order valence-electron chi connectivity index (χ4n) is 5.05. The topological polar surface area (TPSA) is 83.8 Å². The number of hydrogen-bond acceptors (Lipinski definition) is 6. The molecule has 0 spiro atoms. The van der Waals surface area contributed by atoms with Gasteiger partial charge in [-0.05, 0) is 81.2 Å². The summed E-state index contributed by atoms with van der Waals surface area (Å²) in [7, 11) is 0. The average molecular weight is 571 g/mol. The van der Waals surface area contributed by atoms with Gasteiger partial charge in [-0.3, -0.25) is 9.20 Å². The predicted molar refractivity (Wildman–Crippen MR) is 147 cm³/mol. The van der Waals surface area contributed by atoms with E-state index in [4.69, 9.17) is 0 Å². The minimum absolute atomic E-state index is 0.118. The Morgan fingerprint density at radius 3 is 2.66 bits per heavy atom. The molecule has 0 saturated carbocycles. The summed E-state index contributed by atoms with van der Waals surface area (Å²) in [6, 6.07) is 7.48. The number of halogens is 4. The molecule has 41 heavy (non-hydrogen) atoms. The predicted octanol–water partition coefficient (Wildman–Crippen LogP) is 5.80. The van der Waals surface area contributed by atoms with Gasteiger partial charge in [0.2, 0.25) is 5.82 Å². The van der Waals surface area contributed by atoms with Crippen LogP contribution in [0.2, 0.25) is 0 Å². The molecule has 216 valence electrons. The number of carbonyl (C=O) groups is 1. The first-order valence-electron chi connectivity index (χ1n) is 13.5. The number of aromatic nitrogens is 3. The summed E-state index contributed by atoms with van der Waals surface area (Å²) in [5.41, 5.74) is 2.46. The van der Waals surface area contributed by atoms with Crippen LogP contribution < -0.4 is 15.4 Å². The van der Waals surface area contributed by atoms with Crippen molar-refractivity contribution in [3.63, 3.8) is 0 Å². The molecule has 4 aromatic rings. The van der Waals surface area contributed by atoms with E-state index in [0.717, 1.165) is 43.8 Å². The average Bonchev–Trinajstić information content (AvgIpc) is 3.64. The summed E-state index contributed by atoms with van der Waals surface area (Å²) in [5.74, 6) is -3.52. The van der Waals surface area contributed by atoms with E-state index in [2.05, 4.69) is 30.2 Å². The van der Waals surface area contributed by atoms with E-state index in [1.54, 1.807) is 12.1 Å². The number of amides is 1. The van der Waals surface area contributed by atoms with Crippen molar-refractivity contribution in [2.75, 3.05) is 31.5 Å². The van der Waals surface area contributed by atoms with Crippen LogP contribution in [0.15, 0.2) is 48.9 Å². The molecule has 5 rings (SSSR count). The summed E-state index contributed by atoms with van der Waals surface area (Å²) < 4.78 is 59.7. The number of rotatable bonds is 11. The summed E-state index contributed by atoms with van der Waals surface area (Å²) in [6.45, 7) is 2.54. The molecule has 1 aliphatic heterocycles. The second-order valence-electron chi connectivity index (χ2n) is 9.74. The lowest BCUT2D eigenvalue weighted by Gasteiger charge is -2.15. The number of anilines is 2. The molecule has 2 aromatic heterocycles. The maximum Gasteiger partial charge on any atom is 0.387 e. The van der Waals surface area contributed by atoms with Gasteiger partial charge in [0.05, 0.1) is 11.9 Å². The maximum atomic E-state index is 14.8. The lowest BCUT2D eigenvalue weighted by molar-refractivity contribution is -0.0525. The third kappa shape index (κ3) is 6.27. The first kappa shape index (κ1) is 28.3. The van der Waals surface area contributed by atoms with Crippen molar-refractivity contribution in [3.8, 4) is 17.0 Å². The molecule has 12 heteroatoms. The van der Waals surface area contributed by atoms with Gasteiger partial charge in [0, 0.05) is 35.8 Å². The van der Waals surface area contributed by atoms with Gasteiger partial charge in [0.15, 0.2) is 23.0 Å². The third-order valence-corrected chi connectivity index (χ3v) is 7.10. The van der Waals surface area contributed by atoms with E-state index in [-0.39, 0.29) is 17.2 Å². The molecular weight excluding hydrogens is 540 g/mol. The van der Waals surface area contributed by atoms with E-state index < -0.39 is 24.0 Å². The summed E-state index contributed by atoms with van der Waals surface area (Å²) in [4.78, 5) is 23.9. The van der Waals surface area contributed by atoms with E-state index >= 15 is 0 Å². The zero-order valence-corrected chi connectivity index (χ0v) is 22.5. The molecule has 1 amide bonds. The van der Waals surface area contributed by atoms with Crippen molar-refractivity contribution in [3.05, 3.63) is 71.7 Å². The number of imidazole rings is 1. The molecule has 8 nitrogen and oxygen atoms in total. The van der Waals surface area contributed by atoms with Gasteiger partial charge in [-0.2, -0.15) is 13.2 Å². The van der Waals surface area contributed by atoms with Crippen molar-refractivity contribution in [1.29, 1.82) is 0 Å². The highest BCUT2D eigenvalue weighted by atomic mass is 19.3. The number of aryl methyl sites for hydroxylation is 1. The van der Waals surface area contributed by atoms with Gasteiger partial charge < -0.3 is 20.3 Å².